The minimum atomic E-state index is 0.946. The van der Waals surface area contributed by atoms with Gasteiger partial charge in [-0.15, -0.1) is 0 Å². The lowest BCUT2D eigenvalue weighted by molar-refractivity contribution is 0.642. The first-order valence-electron chi connectivity index (χ1n) is 6.81. The number of rotatable bonds is 2. The van der Waals surface area contributed by atoms with E-state index in [0.29, 0.717) is 0 Å². The number of anilines is 2. The van der Waals surface area contributed by atoms with E-state index in [4.69, 9.17) is 0 Å². The number of hydrogen-bond acceptors (Lipinski definition) is 6. The third-order valence-corrected chi connectivity index (χ3v) is 3.56. The summed E-state index contributed by atoms with van der Waals surface area (Å²) in [5.41, 5.74) is 3.09. The summed E-state index contributed by atoms with van der Waals surface area (Å²) < 4.78 is 0. The second-order valence-electron chi connectivity index (χ2n) is 5.00. The van der Waals surface area contributed by atoms with Crippen molar-refractivity contribution in [2.45, 2.75) is 13.8 Å². The highest BCUT2D eigenvalue weighted by Crippen LogP contribution is 2.20. The van der Waals surface area contributed by atoms with Crippen LogP contribution in [0.3, 0.4) is 0 Å². The summed E-state index contributed by atoms with van der Waals surface area (Å²) in [6.07, 6.45) is 5.36. The molecule has 1 saturated heterocycles. The summed E-state index contributed by atoms with van der Waals surface area (Å²) in [5, 5.41) is 7.75. The van der Waals surface area contributed by atoms with Gasteiger partial charge in [0.25, 0.3) is 0 Å². The average molecular weight is 270 g/mol. The Kier molecular flexibility index (Phi) is 3.45. The van der Waals surface area contributed by atoms with Crippen LogP contribution in [0.25, 0.3) is 0 Å². The maximum Gasteiger partial charge on any atom is 0.150 e. The highest BCUT2D eigenvalue weighted by atomic mass is 15.3. The molecular weight excluding hydrogens is 252 g/mol. The standard InChI is InChI=1S/C14H18N6/c1-11-9-15-12(2)14(18-11)20-7-5-19(6-8-20)13-3-4-16-17-10-13/h3-4,9-10H,5-8H2,1-2H3. The van der Waals surface area contributed by atoms with Crippen LogP contribution in [0.15, 0.2) is 24.7 Å². The number of aryl methyl sites for hydroxylation is 2. The van der Waals surface area contributed by atoms with Crippen LogP contribution in [0.5, 0.6) is 0 Å². The smallest absolute Gasteiger partial charge is 0.150 e. The van der Waals surface area contributed by atoms with Crippen LogP contribution in [-0.2, 0) is 0 Å². The Morgan fingerprint density at radius 1 is 0.950 bits per heavy atom. The van der Waals surface area contributed by atoms with E-state index >= 15 is 0 Å². The second kappa shape index (κ2) is 5.40. The largest absolute Gasteiger partial charge is 0.367 e. The third kappa shape index (κ3) is 2.54. The lowest BCUT2D eigenvalue weighted by Gasteiger charge is -2.36. The first-order valence-corrected chi connectivity index (χ1v) is 6.81. The fraction of sp³-hybridized carbons (Fsp3) is 0.429. The van der Waals surface area contributed by atoms with Crippen LogP contribution in [0.2, 0.25) is 0 Å². The molecule has 0 aliphatic carbocycles. The molecule has 20 heavy (non-hydrogen) atoms. The molecular formula is C14H18N6. The molecule has 1 fully saturated rings. The fourth-order valence-corrected chi connectivity index (χ4v) is 2.47. The Balaban J connectivity index is 1.71. The molecule has 3 rings (SSSR count). The first kappa shape index (κ1) is 12.8. The van der Waals surface area contributed by atoms with Gasteiger partial charge in [-0.1, -0.05) is 0 Å². The predicted molar refractivity (Wildman–Crippen MR) is 78.0 cm³/mol. The summed E-state index contributed by atoms with van der Waals surface area (Å²) in [5.74, 6) is 1.01. The molecule has 0 unspecified atom stereocenters. The molecule has 0 saturated carbocycles. The van der Waals surface area contributed by atoms with Gasteiger partial charge in [-0.3, -0.25) is 4.98 Å². The van der Waals surface area contributed by atoms with Gasteiger partial charge in [0.05, 0.1) is 29.5 Å². The lowest BCUT2D eigenvalue weighted by Crippen LogP contribution is -2.47. The Hall–Kier alpha value is -2.24. The molecule has 2 aromatic rings. The van der Waals surface area contributed by atoms with Crippen LogP contribution >= 0.6 is 0 Å². The summed E-state index contributed by atoms with van der Waals surface area (Å²) in [6.45, 7) is 7.81. The van der Waals surface area contributed by atoms with Crippen molar-refractivity contribution in [1.29, 1.82) is 0 Å². The van der Waals surface area contributed by atoms with Gasteiger partial charge in [-0.05, 0) is 19.9 Å². The number of piperazine rings is 1. The highest BCUT2D eigenvalue weighted by molar-refractivity contribution is 5.48. The molecule has 1 aliphatic rings. The summed E-state index contributed by atoms with van der Waals surface area (Å²) in [7, 11) is 0. The molecule has 104 valence electrons. The third-order valence-electron chi connectivity index (χ3n) is 3.56. The van der Waals surface area contributed by atoms with Crippen molar-refractivity contribution < 1.29 is 0 Å². The van der Waals surface area contributed by atoms with Crippen LogP contribution < -0.4 is 9.80 Å². The Morgan fingerprint density at radius 3 is 2.40 bits per heavy atom. The Bertz CT molecular complexity index is 577. The van der Waals surface area contributed by atoms with Crippen molar-refractivity contribution in [1.82, 2.24) is 20.2 Å². The Labute approximate surface area is 118 Å². The van der Waals surface area contributed by atoms with Crippen molar-refractivity contribution in [2.75, 3.05) is 36.0 Å². The molecule has 0 atom stereocenters. The van der Waals surface area contributed by atoms with E-state index in [1.807, 2.05) is 32.3 Å². The van der Waals surface area contributed by atoms with Gasteiger partial charge < -0.3 is 9.80 Å². The molecule has 0 bridgehead atoms. The molecule has 0 amide bonds. The van der Waals surface area contributed by atoms with Gasteiger partial charge in [0.1, 0.15) is 5.82 Å². The zero-order chi connectivity index (χ0) is 13.9. The van der Waals surface area contributed by atoms with E-state index in [2.05, 4.69) is 30.0 Å². The summed E-state index contributed by atoms with van der Waals surface area (Å²) in [4.78, 5) is 13.6. The molecule has 0 aromatic carbocycles. The molecule has 2 aromatic heterocycles. The van der Waals surface area contributed by atoms with Gasteiger partial charge >= 0.3 is 0 Å². The molecule has 3 heterocycles. The van der Waals surface area contributed by atoms with Crippen molar-refractivity contribution >= 4 is 11.5 Å². The SMILES string of the molecule is Cc1cnc(C)c(N2CCN(c3ccnnc3)CC2)n1. The van der Waals surface area contributed by atoms with E-state index in [9.17, 15) is 0 Å². The quantitative estimate of drug-likeness (QED) is 0.817. The van der Waals surface area contributed by atoms with Gasteiger partial charge in [0.2, 0.25) is 0 Å². The van der Waals surface area contributed by atoms with Crippen molar-refractivity contribution in [3.8, 4) is 0 Å². The van der Waals surface area contributed by atoms with Gasteiger partial charge in [0, 0.05) is 32.4 Å². The van der Waals surface area contributed by atoms with Crippen LogP contribution in [0.1, 0.15) is 11.4 Å². The molecule has 0 radical (unpaired) electrons. The van der Waals surface area contributed by atoms with E-state index < -0.39 is 0 Å². The van der Waals surface area contributed by atoms with Crippen molar-refractivity contribution in [3.63, 3.8) is 0 Å². The van der Waals surface area contributed by atoms with E-state index in [-0.39, 0.29) is 0 Å². The zero-order valence-electron chi connectivity index (χ0n) is 11.8. The zero-order valence-corrected chi connectivity index (χ0v) is 11.8. The minimum Gasteiger partial charge on any atom is -0.367 e. The maximum absolute atomic E-state index is 4.62. The van der Waals surface area contributed by atoms with Crippen LogP contribution in [-0.4, -0.2) is 46.3 Å². The Morgan fingerprint density at radius 2 is 1.70 bits per heavy atom. The van der Waals surface area contributed by atoms with Gasteiger partial charge in [0.15, 0.2) is 0 Å². The first-order chi connectivity index (χ1) is 9.74. The number of hydrogen-bond donors (Lipinski definition) is 0. The summed E-state index contributed by atoms with van der Waals surface area (Å²) >= 11 is 0. The normalized spacial score (nSPS) is 15.5. The molecule has 1 aliphatic heterocycles. The predicted octanol–water partition coefficient (Wildman–Crippen LogP) is 1.21. The monoisotopic (exact) mass is 270 g/mol. The molecule has 0 N–H and O–H groups in total. The summed E-state index contributed by atoms with van der Waals surface area (Å²) in [6, 6.07) is 2.00. The molecule has 6 heteroatoms. The molecule has 6 nitrogen and oxygen atoms in total. The number of nitrogens with zero attached hydrogens (tertiary/aromatic N) is 6. The van der Waals surface area contributed by atoms with Crippen molar-refractivity contribution in [2.24, 2.45) is 0 Å². The highest BCUT2D eigenvalue weighted by Gasteiger charge is 2.20. The lowest BCUT2D eigenvalue weighted by atomic mass is 10.2. The van der Waals surface area contributed by atoms with Crippen LogP contribution in [0, 0.1) is 13.8 Å². The van der Waals surface area contributed by atoms with Gasteiger partial charge in [-0.2, -0.15) is 10.2 Å². The maximum atomic E-state index is 4.62. The van der Waals surface area contributed by atoms with E-state index in [1.165, 1.54) is 0 Å². The second-order valence-corrected chi connectivity index (χ2v) is 5.00. The molecule has 0 spiro atoms. The topological polar surface area (TPSA) is 58.0 Å². The number of aromatic nitrogens is 4. The van der Waals surface area contributed by atoms with Crippen LogP contribution in [0.4, 0.5) is 11.5 Å². The van der Waals surface area contributed by atoms with Crippen molar-refractivity contribution in [3.05, 3.63) is 36.0 Å². The van der Waals surface area contributed by atoms with E-state index in [1.54, 1.807) is 6.20 Å². The van der Waals surface area contributed by atoms with E-state index in [0.717, 1.165) is 49.1 Å². The van der Waals surface area contributed by atoms with Gasteiger partial charge in [-0.25, -0.2) is 4.98 Å². The fourth-order valence-electron chi connectivity index (χ4n) is 2.47. The minimum absolute atomic E-state index is 0.946. The average Bonchev–Trinajstić information content (AvgIpc) is 2.51.